The molecule has 1 aromatic carbocycles. The number of carbonyl (C=O) groups excluding carboxylic acids is 1. The van der Waals surface area contributed by atoms with Crippen molar-refractivity contribution in [2.24, 2.45) is 7.05 Å². The number of hydrogen-bond donors (Lipinski definition) is 0. The lowest BCUT2D eigenvalue weighted by Gasteiger charge is -2.33. The minimum atomic E-state index is 0.316. The van der Waals surface area contributed by atoms with Crippen LogP contribution >= 0.6 is 0 Å². The van der Waals surface area contributed by atoms with Crippen LogP contribution in [0.3, 0.4) is 0 Å². The van der Waals surface area contributed by atoms with Crippen LogP contribution in [-0.4, -0.2) is 58.2 Å². The first-order chi connectivity index (χ1) is 13.1. The Kier molecular flexibility index (Phi) is 5.30. The van der Waals surface area contributed by atoms with Gasteiger partial charge in [0.15, 0.2) is 0 Å². The molecule has 1 atom stereocenters. The van der Waals surface area contributed by atoms with Crippen LogP contribution in [0.15, 0.2) is 30.3 Å². The first-order valence-corrected chi connectivity index (χ1v) is 10.2. The second-order valence-electron chi connectivity index (χ2n) is 7.98. The van der Waals surface area contributed by atoms with E-state index in [-0.39, 0.29) is 0 Å². The molecule has 0 spiro atoms. The molecule has 5 heteroatoms. The number of hydrogen-bond acceptors (Lipinski definition) is 3. The van der Waals surface area contributed by atoms with Gasteiger partial charge in [-0.3, -0.25) is 9.48 Å². The number of benzene rings is 1. The van der Waals surface area contributed by atoms with E-state index >= 15 is 0 Å². The van der Waals surface area contributed by atoms with Gasteiger partial charge in [-0.1, -0.05) is 36.8 Å². The first kappa shape index (κ1) is 18.2. The molecule has 0 bridgehead atoms. The number of carbonyl (C=O) groups is 1. The van der Waals surface area contributed by atoms with Crippen molar-refractivity contribution in [3.63, 3.8) is 0 Å². The number of likely N-dealkylation sites (tertiary alicyclic amines) is 1. The third-order valence-electron chi connectivity index (χ3n) is 6.26. The highest BCUT2D eigenvalue weighted by molar-refractivity contribution is 5.77. The van der Waals surface area contributed by atoms with E-state index in [9.17, 15) is 4.79 Å². The summed E-state index contributed by atoms with van der Waals surface area (Å²) in [6, 6.07) is 10.8. The Labute approximate surface area is 162 Å². The van der Waals surface area contributed by atoms with E-state index in [1.54, 1.807) is 0 Å². The lowest BCUT2D eigenvalue weighted by molar-refractivity contribution is -0.132. The maximum Gasteiger partial charge on any atom is 0.224 e. The van der Waals surface area contributed by atoms with E-state index in [4.69, 9.17) is 5.10 Å². The number of aromatic nitrogens is 2. The van der Waals surface area contributed by atoms with Crippen LogP contribution in [0, 0.1) is 0 Å². The SMILES string of the molecule is CN1CCCCC1CC(=O)N1CCc2c(-c3ccccc3)nn(C)c2CC1. The summed E-state index contributed by atoms with van der Waals surface area (Å²) in [7, 11) is 4.19. The smallest absolute Gasteiger partial charge is 0.224 e. The molecule has 144 valence electrons. The second kappa shape index (κ2) is 7.85. The van der Waals surface area contributed by atoms with E-state index in [1.807, 2.05) is 17.8 Å². The molecule has 1 fully saturated rings. The molecule has 2 aromatic rings. The highest BCUT2D eigenvalue weighted by Gasteiger charge is 2.27. The van der Waals surface area contributed by atoms with Crippen LogP contribution < -0.4 is 0 Å². The Bertz CT molecular complexity index is 798. The molecule has 1 aromatic heterocycles. The number of aryl methyl sites for hydroxylation is 1. The Morgan fingerprint density at radius 1 is 1.07 bits per heavy atom. The lowest BCUT2D eigenvalue weighted by Crippen LogP contribution is -2.42. The molecule has 3 heterocycles. The molecule has 2 aliphatic heterocycles. The van der Waals surface area contributed by atoms with Crippen molar-refractivity contribution in [3.05, 3.63) is 41.6 Å². The van der Waals surface area contributed by atoms with Gasteiger partial charge in [0, 0.05) is 55.8 Å². The minimum Gasteiger partial charge on any atom is -0.342 e. The summed E-state index contributed by atoms with van der Waals surface area (Å²) in [5.41, 5.74) is 4.83. The van der Waals surface area contributed by atoms with E-state index in [2.05, 4.69) is 41.1 Å². The first-order valence-electron chi connectivity index (χ1n) is 10.2. The monoisotopic (exact) mass is 366 g/mol. The average molecular weight is 367 g/mol. The van der Waals surface area contributed by atoms with Crippen LogP contribution in [-0.2, 0) is 24.7 Å². The summed E-state index contributed by atoms with van der Waals surface area (Å²) in [4.78, 5) is 17.4. The zero-order chi connectivity index (χ0) is 18.8. The molecule has 5 nitrogen and oxygen atoms in total. The van der Waals surface area contributed by atoms with E-state index < -0.39 is 0 Å². The third-order valence-corrected chi connectivity index (χ3v) is 6.26. The highest BCUT2D eigenvalue weighted by Crippen LogP contribution is 2.28. The molecule has 0 radical (unpaired) electrons. The summed E-state index contributed by atoms with van der Waals surface area (Å²) in [5.74, 6) is 0.316. The Morgan fingerprint density at radius 3 is 2.63 bits per heavy atom. The molecule has 0 saturated carbocycles. The van der Waals surface area contributed by atoms with E-state index in [0.717, 1.165) is 50.2 Å². The van der Waals surface area contributed by atoms with Gasteiger partial charge in [-0.2, -0.15) is 5.10 Å². The number of fused-ring (bicyclic) bond motifs is 1. The van der Waals surface area contributed by atoms with Gasteiger partial charge in [0.25, 0.3) is 0 Å². The van der Waals surface area contributed by atoms with Gasteiger partial charge >= 0.3 is 0 Å². The van der Waals surface area contributed by atoms with Crippen molar-refractivity contribution in [1.29, 1.82) is 0 Å². The van der Waals surface area contributed by atoms with E-state index in [1.165, 1.54) is 24.1 Å². The van der Waals surface area contributed by atoms with Gasteiger partial charge in [-0.05, 0) is 32.9 Å². The minimum absolute atomic E-state index is 0.316. The van der Waals surface area contributed by atoms with Gasteiger partial charge in [0.05, 0.1) is 5.69 Å². The van der Waals surface area contributed by atoms with Gasteiger partial charge in [-0.25, -0.2) is 0 Å². The number of nitrogens with zero attached hydrogens (tertiary/aromatic N) is 4. The Morgan fingerprint density at radius 2 is 1.85 bits per heavy atom. The number of amides is 1. The zero-order valence-electron chi connectivity index (χ0n) is 16.5. The van der Waals surface area contributed by atoms with Crippen LogP contribution in [0.2, 0.25) is 0 Å². The summed E-state index contributed by atoms with van der Waals surface area (Å²) in [5, 5.41) is 4.78. The van der Waals surface area contributed by atoms with Crippen molar-refractivity contribution in [2.75, 3.05) is 26.7 Å². The second-order valence-corrected chi connectivity index (χ2v) is 7.98. The highest BCUT2D eigenvalue weighted by atomic mass is 16.2. The van der Waals surface area contributed by atoms with Gasteiger partial charge in [-0.15, -0.1) is 0 Å². The van der Waals surface area contributed by atoms with E-state index in [0.29, 0.717) is 18.4 Å². The quantitative estimate of drug-likeness (QED) is 0.839. The number of piperidine rings is 1. The molecule has 0 N–H and O–H groups in total. The number of rotatable bonds is 3. The standard InChI is InChI=1S/C22H30N4O/c1-24-13-7-6-10-18(24)16-21(27)26-14-11-19-20(12-15-26)25(2)23-22(19)17-8-4-3-5-9-17/h3-5,8-9,18H,6-7,10-16H2,1-2H3. The summed E-state index contributed by atoms with van der Waals surface area (Å²) in [6.07, 6.45) is 6.10. The Hall–Kier alpha value is -2.14. The summed E-state index contributed by atoms with van der Waals surface area (Å²) in [6.45, 7) is 2.72. The van der Waals surface area contributed by atoms with Crippen molar-refractivity contribution < 1.29 is 4.79 Å². The Balaban J connectivity index is 1.48. The largest absolute Gasteiger partial charge is 0.342 e. The third kappa shape index (κ3) is 3.79. The molecule has 4 rings (SSSR count). The predicted molar refractivity (Wildman–Crippen MR) is 108 cm³/mol. The fourth-order valence-corrected chi connectivity index (χ4v) is 4.59. The maximum absolute atomic E-state index is 13.0. The van der Waals surface area contributed by atoms with Crippen molar-refractivity contribution in [2.45, 2.75) is 44.6 Å². The van der Waals surface area contributed by atoms with Crippen molar-refractivity contribution in [1.82, 2.24) is 19.6 Å². The fraction of sp³-hybridized carbons (Fsp3) is 0.545. The molecule has 2 aliphatic rings. The molecule has 27 heavy (non-hydrogen) atoms. The average Bonchev–Trinajstić information content (AvgIpc) is 2.86. The predicted octanol–water partition coefficient (Wildman–Crippen LogP) is 2.89. The van der Waals surface area contributed by atoms with Gasteiger partial charge < -0.3 is 9.80 Å². The van der Waals surface area contributed by atoms with Gasteiger partial charge in [0.1, 0.15) is 0 Å². The fourth-order valence-electron chi connectivity index (χ4n) is 4.59. The molecule has 0 aliphatic carbocycles. The van der Waals surface area contributed by atoms with Crippen LogP contribution in [0.5, 0.6) is 0 Å². The summed E-state index contributed by atoms with van der Waals surface area (Å²) >= 11 is 0. The van der Waals surface area contributed by atoms with Crippen molar-refractivity contribution >= 4 is 5.91 Å². The molecular formula is C22H30N4O. The topological polar surface area (TPSA) is 41.4 Å². The van der Waals surface area contributed by atoms with Crippen LogP contribution in [0.25, 0.3) is 11.3 Å². The summed E-state index contributed by atoms with van der Waals surface area (Å²) < 4.78 is 2.01. The van der Waals surface area contributed by atoms with Crippen LogP contribution in [0.4, 0.5) is 0 Å². The molecule has 1 unspecified atom stereocenters. The zero-order valence-corrected chi connectivity index (χ0v) is 16.5. The molecule has 1 amide bonds. The lowest BCUT2D eigenvalue weighted by atomic mass is 9.99. The molecular weight excluding hydrogens is 336 g/mol. The maximum atomic E-state index is 13.0. The normalized spacial score (nSPS) is 21.0. The van der Waals surface area contributed by atoms with Gasteiger partial charge in [0.2, 0.25) is 5.91 Å². The van der Waals surface area contributed by atoms with Crippen molar-refractivity contribution in [3.8, 4) is 11.3 Å². The van der Waals surface area contributed by atoms with Crippen LogP contribution in [0.1, 0.15) is 36.9 Å². The molecule has 1 saturated heterocycles.